The lowest BCUT2D eigenvalue weighted by Crippen LogP contribution is -2.24. The largest absolute Gasteiger partial charge is 0.375 e. The lowest BCUT2D eigenvalue weighted by atomic mass is 10.2. The number of anilines is 1. The van der Waals surface area contributed by atoms with Crippen LogP contribution in [0.3, 0.4) is 0 Å². The summed E-state index contributed by atoms with van der Waals surface area (Å²) in [5.41, 5.74) is 1.47. The van der Waals surface area contributed by atoms with E-state index in [0.717, 1.165) is 12.1 Å². The zero-order valence-electron chi connectivity index (χ0n) is 11.5. The van der Waals surface area contributed by atoms with Gasteiger partial charge in [0.05, 0.1) is 23.6 Å². The van der Waals surface area contributed by atoms with Gasteiger partial charge in [0.1, 0.15) is 4.47 Å². The minimum absolute atomic E-state index is 0.00396. The highest BCUT2D eigenvalue weighted by Gasteiger charge is 2.12. The molecule has 0 fully saturated rings. The summed E-state index contributed by atoms with van der Waals surface area (Å²) in [4.78, 5) is 16.4. The Kier molecular flexibility index (Phi) is 4.89. The molecule has 2 rings (SSSR count). The fourth-order valence-corrected chi connectivity index (χ4v) is 2.30. The van der Waals surface area contributed by atoms with Gasteiger partial charge in [-0.3, -0.25) is 9.78 Å². The third kappa shape index (κ3) is 3.25. The zero-order chi connectivity index (χ0) is 14.5. The Hall–Kier alpha value is -1.69. The van der Waals surface area contributed by atoms with Crippen molar-refractivity contribution >= 4 is 21.6 Å². The molecule has 0 saturated carbocycles. The van der Waals surface area contributed by atoms with Crippen molar-refractivity contribution in [1.82, 2.24) is 14.8 Å². The number of hydrogen-bond donors (Lipinski definition) is 1. The minimum atomic E-state index is -0.120. The van der Waals surface area contributed by atoms with Gasteiger partial charge in [-0.05, 0) is 41.4 Å². The first-order valence-electron chi connectivity index (χ1n) is 6.56. The van der Waals surface area contributed by atoms with Crippen molar-refractivity contribution in [2.75, 3.05) is 5.32 Å². The summed E-state index contributed by atoms with van der Waals surface area (Å²) in [6, 6.07) is 5.75. The molecule has 2 aromatic rings. The predicted molar refractivity (Wildman–Crippen MR) is 82.8 cm³/mol. The monoisotopic (exact) mass is 336 g/mol. The number of nitrogens with zero attached hydrogens (tertiary/aromatic N) is 3. The van der Waals surface area contributed by atoms with E-state index in [0.29, 0.717) is 16.7 Å². The van der Waals surface area contributed by atoms with Gasteiger partial charge >= 0.3 is 0 Å². The second-order valence-corrected chi connectivity index (χ2v) is 5.31. The minimum Gasteiger partial charge on any atom is -0.375 e. The molecular weight excluding hydrogens is 320 g/mol. The van der Waals surface area contributed by atoms with Crippen molar-refractivity contribution in [2.24, 2.45) is 0 Å². The number of pyridine rings is 1. The van der Waals surface area contributed by atoms with E-state index >= 15 is 0 Å². The lowest BCUT2D eigenvalue weighted by Gasteiger charge is -2.16. The zero-order valence-corrected chi connectivity index (χ0v) is 13.1. The van der Waals surface area contributed by atoms with Crippen LogP contribution in [0.5, 0.6) is 0 Å². The fraction of sp³-hybridized carbons (Fsp3) is 0.357. The van der Waals surface area contributed by atoms with Crippen molar-refractivity contribution < 1.29 is 0 Å². The Labute approximate surface area is 126 Å². The number of nitrogens with one attached hydrogen (secondary N) is 1. The molecule has 0 bridgehead atoms. The van der Waals surface area contributed by atoms with Gasteiger partial charge in [-0.1, -0.05) is 13.0 Å². The Morgan fingerprint density at radius 3 is 2.90 bits per heavy atom. The molecular formula is C14H17BrN4O. The molecule has 0 saturated heterocycles. The maximum Gasteiger partial charge on any atom is 0.283 e. The number of aryl methyl sites for hydroxylation is 1. The van der Waals surface area contributed by atoms with Crippen LogP contribution in [-0.2, 0) is 6.54 Å². The van der Waals surface area contributed by atoms with Crippen LogP contribution in [0, 0.1) is 0 Å². The maximum absolute atomic E-state index is 12.1. The van der Waals surface area contributed by atoms with Crippen molar-refractivity contribution in [1.29, 1.82) is 0 Å². The number of rotatable bonds is 5. The molecule has 0 spiro atoms. The van der Waals surface area contributed by atoms with E-state index < -0.39 is 0 Å². The third-order valence-electron chi connectivity index (χ3n) is 2.92. The van der Waals surface area contributed by atoms with Crippen LogP contribution in [0.25, 0.3) is 0 Å². The van der Waals surface area contributed by atoms with E-state index in [9.17, 15) is 4.79 Å². The average molecular weight is 337 g/mol. The number of aromatic nitrogens is 3. The van der Waals surface area contributed by atoms with Gasteiger partial charge in [-0.2, -0.15) is 5.10 Å². The highest BCUT2D eigenvalue weighted by Crippen LogP contribution is 2.22. The van der Waals surface area contributed by atoms with Gasteiger partial charge in [-0.25, -0.2) is 4.68 Å². The Morgan fingerprint density at radius 1 is 1.45 bits per heavy atom. The van der Waals surface area contributed by atoms with E-state index in [4.69, 9.17) is 0 Å². The van der Waals surface area contributed by atoms with Gasteiger partial charge in [0.25, 0.3) is 5.56 Å². The summed E-state index contributed by atoms with van der Waals surface area (Å²) in [5.74, 6) is 0. The van der Waals surface area contributed by atoms with Gasteiger partial charge in [0, 0.05) is 12.7 Å². The third-order valence-corrected chi connectivity index (χ3v) is 3.69. The quantitative estimate of drug-likeness (QED) is 0.911. The van der Waals surface area contributed by atoms with E-state index in [1.807, 2.05) is 32.0 Å². The van der Waals surface area contributed by atoms with Crippen molar-refractivity contribution in [3.05, 3.63) is 51.1 Å². The molecule has 0 radical (unpaired) electrons. The van der Waals surface area contributed by atoms with Crippen molar-refractivity contribution in [3.8, 4) is 0 Å². The lowest BCUT2D eigenvalue weighted by molar-refractivity contribution is 0.565. The first-order valence-corrected chi connectivity index (χ1v) is 7.36. The molecule has 2 aromatic heterocycles. The summed E-state index contributed by atoms with van der Waals surface area (Å²) in [7, 11) is 0. The maximum atomic E-state index is 12.1. The van der Waals surface area contributed by atoms with Gasteiger partial charge in [0.15, 0.2) is 0 Å². The van der Waals surface area contributed by atoms with Crippen LogP contribution in [0.1, 0.15) is 32.0 Å². The predicted octanol–water partition coefficient (Wildman–Crippen LogP) is 2.98. The molecule has 0 aliphatic heterocycles. The summed E-state index contributed by atoms with van der Waals surface area (Å²) in [6.45, 7) is 4.62. The molecule has 0 aliphatic carbocycles. The molecule has 0 aliphatic rings. The molecule has 6 heteroatoms. The Morgan fingerprint density at radius 2 is 2.25 bits per heavy atom. The molecule has 1 unspecified atom stereocenters. The van der Waals surface area contributed by atoms with E-state index in [1.54, 1.807) is 12.4 Å². The standard InChI is InChI=1S/C14H17BrN4O/c1-3-8-19-14(20)13(15)12(9-17-19)18-10(2)11-6-4-5-7-16-11/h4-7,9-10,18H,3,8H2,1-2H3. The van der Waals surface area contributed by atoms with Gasteiger partial charge in [0.2, 0.25) is 0 Å². The second-order valence-electron chi connectivity index (χ2n) is 4.52. The molecule has 0 aromatic carbocycles. The van der Waals surface area contributed by atoms with Crippen LogP contribution >= 0.6 is 15.9 Å². The molecule has 5 nitrogen and oxygen atoms in total. The van der Waals surface area contributed by atoms with Gasteiger partial charge in [-0.15, -0.1) is 0 Å². The molecule has 20 heavy (non-hydrogen) atoms. The molecule has 106 valence electrons. The Balaban J connectivity index is 2.22. The summed E-state index contributed by atoms with van der Waals surface area (Å²) >= 11 is 3.35. The van der Waals surface area contributed by atoms with Crippen molar-refractivity contribution in [2.45, 2.75) is 32.9 Å². The number of hydrogen-bond acceptors (Lipinski definition) is 4. The SMILES string of the molecule is CCCn1ncc(NC(C)c2ccccn2)c(Br)c1=O. The van der Waals surface area contributed by atoms with Gasteiger partial charge < -0.3 is 5.32 Å². The molecule has 2 heterocycles. The first-order chi connectivity index (χ1) is 9.63. The number of halogens is 1. The highest BCUT2D eigenvalue weighted by molar-refractivity contribution is 9.10. The first kappa shape index (κ1) is 14.7. The van der Waals surface area contributed by atoms with E-state index in [1.165, 1.54) is 4.68 Å². The topological polar surface area (TPSA) is 59.8 Å². The van der Waals surface area contributed by atoms with Crippen LogP contribution in [0.4, 0.5) is 5.69 Å². The van der Waals surface area contributed by atoms with E-state index in [-0.39, 0.29) is 11.6 Å². The highest BCUT2D eigenvalue weighted by atomic mass is 79.9. The molecule has 0 amide bonds. The smallest absolute Gasteiger partial charge is 0.283 e. The van der Waals surface area contributed by atoms with E-state index in [2.05, 4.69) is 31.3 Å². The van der Waals surface area contributed by atoms with Crippen LogP contribution in [0.2, 0.25) is 0 Å². The summed E-state index contributed by atoms with van der Waals surface area (Å²) in [6.07, 6.45) is 4.29. The van der Waals surface area contributed by atoms with Crippen LogP contribution < -0.4 is 10.9 Å². The normalized spacial score (nSPS) is 12.2. The van der Waals surface area contributed by atoms with Crippen LogP contribution in [0.15, 0.2) is 39.9 Å². The van der Waals surface area contributed by atoms with Crippen molar-refractivity contribution in [3.63, 3.8) is 0 Å². The molecule has 1 N–H and O–H groups in total. The van der Waals surface area contributed by atoms with Crippen LogP contribution in [-0.4, -0.2) is 14.8 Å². The summed E-state index contributed by atoms with van der Waals surface area (Å²) in [5, 5.41) is 7.42. The molecule has 1 atom stereocenters. The average Bonchev–Trinajstić information content (AvgIpc) is 2.48. The fourth-order valence-electron chi connectivity index (χ4n) is 1.88. The second kappa shape index (κ2) is 6.65. The summed E-state index contributed by atoms with van der Waals surface area (Å²) < 4.78 is 1.96. The Bertz CT molecular complexity index is 627.